The van der Waals surface area contributed by atoms with Crippen LogP contribution in [0.25, 0.3) is 0 Å². The minimum absolute atomic E-state index is 0.00575. The van der Waals surface area contributed by atoms with Crippen molar-refractivity contribution in [2.24, 2.45) is 0 Å². The van der Waals surface area contributed by atoms with Gasteiger partial charge in [-0.1, -0.05) is 12.1 Å². The molecule has 0 spiro atoms. The molecule has 1 aliphatic rings. The molecule has 1 heterocycles. The first-order chi connectivity index (χ1) is 10.4. The zero-order valence-corrected chi connectivity index (χ0v) is 14.1. The summed E-state index contributed by atoms with van der Waals surface area (Å²) in [5.41, 5.74) is 1.28. The lowest BCUT2D eigenvalue weighted by molar-refractivity contribution is -0.909. The van der Waals surface area contributed by atoms with Gasteiger partial charge in [0.2, 0.25) is 0 Å². The van der Waals surface area contributed by atoms with Crippen LogP contribution >= 0.6 is 0 Å². The number of carbonyl (C=O) groups is 1. The number of nitrogens with one attached hydrogen (secondary N) is 2. The summed E-state index contributed by atoms with van der Waals surface area (Å²) >= 11 is 0. The molecule has 5 nitrogen and oxygen atoms in total. The first kappa shape index (κ1) is 17.0. The summed E-state index contributed by atoms with van der Waals surface area (Å²) in [5.74, 6) is -0.0838. The molecule has 2 atom stereocenters. The Kier molecular flexibility index (Phi) is 5.58. The van der Waals surface area contributed by atoms with E-state index in [9.17, 15) is 13.2 Å². The lowest BCUT2D eigenvalue weighted by Crippen LogP contribution is -3.14. The number of sulfone groups is 1. The average molecular weight is 325 g/mol. The average Bonchev–Trinajstić information content (AvgIpc) is 2.91. The number of benzene rings is 1. The van der Waals surface area contributed by atoms with Crippen LogP contribution < -0.4 is 10.2 Å². The van der Waals surface area contributed by atoms with Crippen molar-refractivity contribution in [2.45, 2.75) is 31.6 Å². The van der Waals surface area contributed by atoms with E-state index in [1.165, 1.54) is 19.2 Å². The van der Waals surface area contributed by atoms with Crippen molar-refractivity contribution in [3.05, 3.63) is 35.4 Å². The van der Waals surface area contributed by atoms with Crippen LogP contribution in [0.4, 0.5) is 0 Å². The highest BCUT2D eigenvalue weighted by Crippen LogP contribution is 2.08. The van der Waals surface area contributed by atoms with E-state index in [0.29, 0.717) is 23.7 Å². The Morgan fingerprint density at radius 2 is 2.00 bits per heavy atom. The zero-order chi connectivity index (χ0) is 16.2. The molecule has 1 aromatic carbocycles. The Bertz CT molecular complexity index is 611. The summed E-state index contributed by atoms with van der Waals surface area (Å²) in [4.78, 5) is 13.7. The number of rotatable bonds is 6. The number of quaternary nitrogens is 1. The van der Waals surface area contributed by atoms with Crippen molar-refractivity contribution in [3.8, 4) is 0 Å². The van der Waals surface area contributed by atoms with E-state index in [1.54, 1.807) is 29.2 Å². The summed E-state index contributed by atoms with van der Waals surface area (Å²) < 4.78 is 22.5. The van der Waals surface area contributed by atoms with Crippen molar-refractivity contribution >= 4 is 15.7 Å². The minimum atomic E-state index is -3.04. The topological polar surface area (TPSA) is 67.7 Å². The molecule has 6 heteroatoms. The van der Waals surface area contributed by atoms with Crippen LogP contribution in [0.1, 0.15) is 35.7 Å². The highest BCUT2D eigenvalue weighted by atomic mass is 32.2. The summed E-state index contributed by atoms with van der Waals surface area (Å²) in [6.45, 7) is 5.17. The van der Waals surface area contributed by atoms with Crippen molar-refractivity contribution < 1.29 is 18.1 Å². The van der Waals surface area contributed by atoms with Gasteiger partial charge in [0.15, 0.2) is 9.84 Å². The zero-order valence-electron chi connectivity index (χ0n) is 13.3. The quantitative estimate of drug-likeness (QED) is 0.775. The Morgan fingerprint density at radius 3 is 2.59 bits per heavy atom. The fourth-order valence-corrected chi connectivity index (χ4v) is 3.87. The molecular formula is C16H25N2O3S+. The molecule has 2 N–H and O–H groups in total. The summed E-state index contributed by atoms with van der Waals surface area (Å²) in [7, 11) is -3.04. The second-order valence-corrected chi connectivity index (χ2v) is 8.22. The molecule has 0 aromatic heterocycles. The number of likely N-dealkylation sites (N-methyl/N-ethyl adjacent to an activating group) is 1. The van der Waals surface area contributed by atoms with Crippen molar-refractivity contribution in [1.82, 2.24) is 5.32 Å². The molecule has 0 bridgehead atoms. The van der Waals surface area contributed by atoms with E-state index in [0.717, 1.165) is 13.0 Å². The summed E-state index contributed by atoms with van der Waals surface area (Å²) in [6.07, 6.45) is 3.59. The molecule has 2 rings (SSSR count). The first-order valence-corrected chi connectivity index (χ1v) is 9.84. The molecular weight excluding hydrogens is 300 g/mol. The minimum Gasteiger partial charge on any atom is -0.346 e. The van der Waals surface area contributed by atoms with Gasteiger partial charge in [-0.2, -0.15) is 0 Å². The molecule has 0 radical (unpaired) electrons. The summed E-state index contributed by atoms with van der Waals surface area (Å²) in [5, 5.41) is 2.99. The largest absolute Gasteiger partial charge is 0.346 e. The maximum absolute atomic E-state index is 12.2. The van der Waals surface area contributed by atoms with E-state index in [1.807, 2.05) is 0 Å². The van der Waals surface area contributed by atoms with Gasteiger partial charge in [0.1, 0.15) is 6.04 Å². The first-order valence-electron chi connectivity index (χ1n) is 7.78. The monoisotopic (exact) mass is 325 g/mol. The number of likely N-dealkylation sites (tertiary alicyclic amines) is 1. The Hall–Kier alpha value is -1.40. The number of carbonyl (C=O) groups excluding carboxylic acids is 1. The maximum Gasteiger partial charge on any atom is 0.251 e. The van der Waals surface area contributed by atoms with E-state index in [2.05, 4.69) is 12.2 Å². The van der Waals surface area contributed by atoms with Crippen molar-refractivity contribution in [3.63, 3.8) is 0 Å². The van der Waals surface area contributed by atoms with Gasteiger partial charge in [-0.05, 0) is 24.6 Å². The highest BCUT2D eigenvalue weighted by molar-refractivity contribution is 7.89. The van der Waals surface area contributed by atoms with Crippen LogP contribution in [0.15, 0.2) is 24.3 Å². The molecule has 1 aliphatic heterocycles. The van der Waals surface area contributed by atoms with Gasteiger partial charge in [-0.15, -0.1) is 0 Å². The number of amides is 1. The van der Waals surface area contributed by atoms with Gasteiger partial charge >= 0.3 is 0 Å². The van der Waals surface area contributed by atoms with Gasteiger partial charge in [0, 0.05) is 24.7 Å². The third kappa shape index (κ3) is 4.81. The molecule has 22 heavy (non-hydrogen) atoms. The SMILES string of the molecule is CC[NH+]1CCC[C@@H]1CNC(=O)c1ccc(CS(C)(=O)=O)cc1. The second kappa shape index (κ2) is 7.24. The van der Waals surface area contributed by atoms with Crippen molar-refractivity contribution in [2.75, 3.05) is 25.9 Å². The fraction of sp³-hybridized carbons (Fsp3) is 0.562. The van der Waals surface area contributed by atoms with Crippen molar-refractivity contribution in [1.29, 1.82) is 0 Å². The normalized spacial score (nSPS) is 21.7. The fourth-order valence-electron chi connectivity index (χ4n) is 3.07. The lowest BCUT2D eigenvalue weighted by atomic mass is 10.1. The van der Waals surface area contributed by atoms with Crippen LogP contribution in [0.2, 0.25) is 0 Å². The van der Waals surface area contributed by atoms with Gasteiger partial charge in [-0.25, -0.2) is 8.42 Å². The van der Waals surface area contributed by atoms with Gasteiger partial charge in [0.05, 0.1) is 25.4 Å². The van der Waals surface area contributed by atoms with Crippen LogP contribution in [-0.2, 0) is 15.6 Å². The predicted molar refractivity (Wildman–Crippen MR) is 86.7 cm³/mol. The number of hydrogen-bond donors (Lipinski definition) is 2. The number of hydrogen-bond acceptors (Lipinski definition) is 3. The molecule has 122 valence electrons. The summed E-state index contributed by atoms with van der Waals surface area (Å²) in [6, 6.07) is 7.30. The van der Waals surface area contributed by atoms with E-state index >= 15 is 0 Å². The lowest BCUT2D eigenvalue weighted by Gasteiger charge is -2.20. The van der Waals surface area contributed by atoms with E-state index in [-0.39, 0.29) is 11.7 Å². The Morgan fingerprint density at radius 1 is 1.32 bits per heavy atom. The molecule has 0 aliphatic carbocycles. The Balaban J connectivity index is 1.90. The third-order valence-corrected chi connectivity index (χ3v) is 5.09. The molecule has 1 fully saturated rings. The molecule has 1 unspecified atom stereocenters. The van der Waals surface area contributed by atoms with E-state index < -0.39 is 9.84 Å². The van der Waals surface area contributed by atoms with Gasteiger partial charge < -0.3 is 10.2 Å². The molecule has 1 saturated heterocycles. The van der Waals surface area contributed by atoms with Crippen LogP contribution in [0.3, 0.4) is 0 Å². The molecule has 1 aromatic rings. The van der Waals surface area contributed by atoms with Gasteiger partial charge in [0.25, 0.3) is 5.91 Å². The smallest absolute Gasteiger partial charge is 0.251 e. The molecule has 1 amide bonds. The molecule has 0 saturated carbocycles. The third-order valence-electron chi connectivity index (χ3n) is 4.24. The second-order valence-electron chi connectivity index (χ2n) is 6.08. The van der Waals surface area contributed by atoms with Crippen LogP contribution in [-0.4, -0.2) is 46.3 Å². The predicted octanol–water partition coefficient (Wildman–Crippen LogP) is 0.0282. The van der Waals surface area contributed by atoms with E-state index in [4.69, 9.17) is 0 Å². The standard InChI is InChI=1S/C16H24N2O3S/c1-3-18-10-4-5-15(18)11-17-16(19)14-8-6-13(7-9-14)12-22(2,20)21/h6-9,15H,3-5,10-12H2,1-2H3,(H,17,19)/p+1/t15-/m1/s1. The Labute approximate surface area is 132 Å². The van der Waals surface area contributed by atoms with Gasteiger partial charge in [-0.3, -0.25) is 4.79 Å². The van der Waals surface area contributed by atoms with Crippen LogP contribution in [0.5, 0.6) is 0 Å². The van der Waals surface area contributed by atoms with Crippen LogP contribution in [0, 0.1) is 0 Å². The maximum atomic E-state index is 12.2. The highest BCUT2D eigenvalue weighted by Gasteiger charge is 2.27.